The molecule has 2 N–H and O–H groups in total. The number of thioether (sulfide) groups is 1. The number of hydrogen-bond donors (Lipinski definition) is 2. The summed E-state index contributed by atoms with van der Waals surface area (Å²) < 4.78 is 5.27. The third-order valence-electron chi connectivity index (χ3n) is 4.24. The van der Waals surface area contributed by atoms with E-state index in [9.17, 15) is 0 Å². The molecule has 1 saturated carbocycles. The van der Waals surface area contributed by atoms with Gasteiger partial charge in [0.05, 0.1) is 6.54 Å². The average Bonchev–Trinajstić information content (AvgIpc) is 3.04. The van der Waals surface area contributed by atoms with Gasteiger partial charge in [0.1, 0.15) is 0 Å². The molecule has 0 amide bonds. The Balaban J connectivity index is 1.85. The minimum Gasteiger partial charge on any atom is -0.357 e. The van der Waals surface area contributed by atoms with Gasteiger partial charge in [-0.05, 0) is 32.4 Å². The first kappa shape index (κ1) is 19.1. The maximum atomic E-state index is 5.27. The fraction of sp³-hybridized carbons (Fsp3) is 0.824. The molecule has 6 nitrogen and oxygen atoms in total. The van der Waals surface area contributed by atoms with Gasteiger partial charge in [-0.1, -0.05) is 25.4 Å². The van der Waals surface area contributed by atoms with E-state index in [-0.39, 0.29) is 0 Å². The van der Waals surface area contributed by atoms with Gasteiger partial charge in [0, 0.05) is 30.2 Å². The summed E-state index contributed by atoms with van der Waals surface area (Å²) in [5, 5.41) is 11.7. The van der Waals surface area contributed by atoms with Crippen LogP contribution in [0.1, 0.15) is 64.1 Å². The van der Waals surface area contributed by atoms with Crippen LogP contribution >= 0.6 is 11.8 Å². The SMILES string of the molecule is CCNC(=NCCc1nc(C(C)C)no1)NC1CCCC(SC)C1. The van der Waals surface area contributed by atoms with Gasteiger partial charge in [-0.15, -0.1) is 0 Å². The van der Waals surface area contributed by atoms with E-state index >= 15 is 0 Å². The molecule has 1 aliphatic rings. The van der Waals surface area contributed by atoms with Gasteiger partial charge in [-0.25, -0.2) is 0 Å². The van der Waals surface area contributed by atoms with Crippen molar-refractivity contribution in [1.29, 1.82) is 0 Å². The highest BCUT2D eigenvalue weighted by Gasteiger charge is 2.21. The largest absolute Gasteiger partial charge is 0.357 e. The molecule has 1 aromatic heterocycles. The van der Waals surface area contributed by atoms with E-state index < -0.39 is 0 Å². The Morgan fingerprint density at radius 3 is 2.92 bits per heavy atom. The Bertz CT molecular complexity index is 517. The zero-order valence-corrected chi connectivity index (χ0v) is 16.2. The molecule has 1 fully saturated rings. The second-order valence-electron chi connectivity index (χ2n) is 6.58. The minimum atomic E-state index is 0.292. The number of aromatic nitrogens is 2. The van der Waals surface area contributed by atoms with Crippen LogP contribution in [0.15, 0.2) is 9.52 Å². The minimum absolute atomic E-state index is 0.292. The van der Waals surface area contributed by atoms with Crippen LogP contribution in [0, 0.1) is 0 Å². The molecular weight excluding hydrogens is 322 g/mol. The molecule has 24 heavy (non-hydrogen) atoms. The summed E-state index contributed by atoms with van der Waals surface area (Å²) in [5.74, 6) is 2.62. The van der Waals surface area contributed by atoms with Gasteiger partial charge in [-0.3, -0.25) is 4.99 Å². The van der Waals surface area contributed by atoms with Crippen molar-refractivity contribution in [1.82, 2.24) is 20.8 Å². The molecule has 1 heterocycles. The summed E-state index contributed by atoms with van der Waals surface area (Å²) in [4.78, 5) is 9.07. The smallest absolute Gasteiger partial charge is 0.228 e. The Kier molecular flexibility index (Phi) is 7.88. The lowest BCUT2D eigenvalue weighted by Crippen LogP contribution is -2.45. The molecule has 1 aliphatic carbocycles. The lowest BCUT2D eigenvalue weighted by molar-refractivity contribution is 0.372. The van der Waals surface area contributed by atoms with Crippen molar-refractivity contribution < 1.29 is 4.52 Å². The number of aliphatic imine (C=N–C) groups is 1. The van der Waals surface area contributed by atoms with Crippen molar-refractivity contribution in [3.63, 3.8) is 0 Å². The summed E-state index contributed by atoms with van der Waals surface area (Å²) in [6.07, 6.45) is 7.96. The van der Waals surface area contributed by atoms with Crippen molar-refractivity contribution in [3.8, 4) is 0 Å². The molecule has 2 atom stereocenters. The molecule has 0 radical (unpaired) electrons. The predicted octanol–water partition coefficient (Wildman–Crippen LogP) is 2.96. The monoisotopic (exact) mass is 353 g/mol. The Hall–Kier alpha value is -1.24. The van der Waals surface area contributed by atoms with Gasteiger partial charge in [0.15, 0.2) is 11.8 Å². The van der Waals surface area contributed by atoms with E-state index in [4.69, 9.17) is 4.52 Å². The fourth-order valence-electron chi connectivity index (χ4n) is 2.87. The zero-order chi connectivity index (χ0) is 17.4. The van der Waals surface area contributed by atoms with E-state index in [2.05, 4.69) is 52.8 Å². The van der Waals surface area contributed by atoms with Crippen molar-refractivity contribution in [3.05, 3.63) is 11.7 Å². The van der Waals surface area contributed by atoms with Crippen LogP contribution in [0.3, 0.4) is 0 Å². The number of rotatable bonds is 7. The van der Waals surface area contributed by atoms with Crippen molar-refractivity contribution in [2.45, 2.75) is 70.1 Å². The number of nitrogens with one attached hydrogen (secondary N) is 2. The summed E-state index contributed by atoms with van der Waals surface area (Å²) in [6, 6.07) is 0.518. The summed E-state index contributed by atoms with van der Waals surface area (Å²) in [7, 11) is 0. The van der Waals surface area contributed by atoms with Crippen LogP contribution < -0.4 is 10.6 Å². The summed E-state index contributed by atoms with van der Waals surface area (Å²) in [5.41, 5.74) is 0. The second-order valence-corrected chi connectivity index (χ2v) is 7.72. The van der Waals surface area contributed by atoms with Crippen molar-refractivity contribution in [2.24, 2.45) is 4.99 Å². The van der Waals surface area contributed by atoms with Gasteiger partial charge in [0.25, 0.3) is 0 Å². The molecule has 0 saturated heterocycles. The zero-order valence-electron chi connectivity index (χ0n) is 15.3. The lowest BCUT2D eigenvalue weighted by atomic mass is 9.95. The predicted molar refractivity (Wildman–Crippen MR) is 101 cm³/mol. The number of nitrogens with zero attached hydrogens (tertiary/aromatic N) is 3. The van der Waals surface area contributed by atoms with Crippen LogP contribution in [0.4, 0.5) is 0 Å². The van der Waals surface area contributed by atoms with Crippen molar-refractivity contribution in [2.75, 3.05) is 19.3 Å². The first-order valence-electron chi connectivity index (χ1n) is 9.02. The first-order chi connectivity index (χ1) is 11.6. The molecule has 0 bridgehead atoms. The molecule has 7 heteroatoms. The van der Waals surface area contributed by atoms with Gasteiger partial charge >= 0.3 is 0 Å². The summed E-state index contributed by atoms with van der Waals surface area (Å²) >= 11 is 1.98. The van der Waals surface area contributed by atoms with Crippen LogP contribution in [0.5, 0.6) is 0 Å². The first-order valence-corrected chi connectivity index (χ1v) is 10.3. The Labute approximate surface area is 149 Å². The molecule has 0 aliphatic heterocycles. The number of guanidine groups is 1. The third kappa shape index (κ3) is 6.00. The van der Waals surface area contributed by atoms with Crippen LogP contribution in [0.25, 0.3) is 0 Å². The van der Waals surface area contributed by atoms with E-state index in [1.54, 1.807) is 0 Å². The molecule has 0 aromatic carbocycles. The third-order valence-corrected chi connectivity index (χ3v) is 5.34. The van der Waals surface area contributed by atoms with Crippen LogP contribution in [-0.4, -0.2) is 46.7 Å². The van der Waals surface area contributed by atoms with Crippen LogP contribution in [-0.2, 0) is 6.42 Å². The molecule has 136 valence electrons. The molecule has 1 aromatic rings. The fourth-order valence-corrected chi connectivity index (χ4v) is 3.70. The second kappa shape index (κ2) is 9.91. The van der Waals surface area contributed by atoms with Gasteiger partial charge in [0.2, 0.25) is 5.89 Å². The number of hydrogen-bond acceptors (Lipinski definition) is 5. The molecule has 0 spiro atoms. The van der Waals surface area contributed by atoms with Crippen molar-refractivity contribution >= 4 is 17.7 Å². The maximum absolute atomic E-state index is 5.27. The van der Waals surface area contributed by atoms with E-state index in [0.29, 0.717) is 30.8 Å². The van der Waals surface area contributed by atoms with E-state index in [1.807, 2.05) is 11.8 Å². The normalized spacial score (nSPS) is 22.0. The Morgan fingerprint density at radius 2 is 2.25 bits per heavy atom. The van der Waals surface area contributed by atoms with Crippen LogP contribution in [0.2, 0.25) is 0 Å². The Morgan fingerprint density at radius 1 is 1.42 bits per heavy atom. The van der Waals surface area contributed by atoms with E-state index in [0.717, 1.165) is 23.6 Å². The summed E-state index contributed by atoms with van der Waals surface area (Å²) in [6.45, 7) is 7.73. The van der Waals surface area contributed by atoms with E-state index in [1.165, 1.54) is 25.7 Å². The quantitative estimate of drug-likeness (QED) is 0.580. The molecule has 2 rings (SSSR count). The average molecular weight is 354 g/mol. The molecule has 2 unspecified atom stereocenters. The van der Waals surface area contributed by atoms with Gasteiger partial charge in [-0.2, -0.15) is 16.7 Å². The van der Waals surface area contributed by atoms with Gasteiger partial charge < -0.3 is 15.2 Å². The highest BCUT2D eigenvalue weighted by Crippen LogP contribution is 2.26. The standard InChI is InChI=1S/C17H31N5OS/c1-5-18-17(20-13-7-6-8-14(11-13)24-4)19-10-9-15-21-16(12(2)3)22-23-15/h12-14H,5-11H2,1-4H3,(H2,18,19,20). The lowest BCUT2D eigenvalue weighted by Gasteiger charge is -2.29. The topological polar surface area (TPSA) is 75.3 Å². The maximum Gasteiger partial charge on any atom is 0.228 e. The highest BCUT2D eigenvalue weighted by atomic mass is 32.2. The highest BCUT2D eigenvalue weighted by molar-refractivity contribution is 7.99. The molecular formula is C17H31N5OS.